The van der Waals surface area contributed by atoms with E-state index in [2.05, 4.69) is 0 Å². The molecule has 3 rings (SSSR count). The molecule has 6 nitrogen and oxygen atoms in total. The van der Waals surface area contributed by atoms with E-state index in [4.69, 9.17) is 9.15 Å². The summed E-state index contributed by atoms with van der Waals surface area (Å²) in [6.45, 7) is 0. The fraction of sp³-hybridized carbons (Fsp3) is 0.111. The standard InChI is InChI=1S/C18H15NO5S/c1-19-17(10-13(21)14-4-3-7-24-14)25-16(18(19)22)9-11-5-6-12(20)15(8-11)23-2/h3-10,20H,1-2H3/b16-9-,17-10-. The monoisotopic (exact) mass is 357 g/mol. The van der Waals surface area contributed by atoms with Crippen LogP contribution < -0.4 is 19.5 Å². The van der Waals surface area contributed by atoms with Crippen LogP contribution in [-0.2, 0) is 7.05 Å². The number of furan rings is 1. The van der Waals surface area contributed by atoms with Crippen LogP contribution in [-0.4, -0.2) is 22.6 Å². The van der Waals surface area contributed by atoms with Crippen LogP contribution in [0.2, 0.25) is 0 Å². The number of aromatic nitrogens is 1. The van der Waals surface area contributed by atoms with Gasteiger partial charge in [-0.2, -0.15) is 0 Å². The van der Waals surface area contributed by atoms with E-state index in [1.807, 2.05) is 0 Å². The Bertz CT molecular complexity index is 1090. The molecule has 0 atom stereocenters. The van der Waals surface area contributed by atoms with Crippen molar-refractivity contribution in [3.8, 4) is 11.5 Å². The summed E-state index contributed by atoms with van der Waals surface area (Å²) in [7, 11) is 3.06. The van der Waals surface area contributed by atoms with E-state index in [1.165, 1.54) is 41.4 Å². The van der Waals surface area contributed by atoms with E-state index >= 15 is 0 Å². The second-order valence-corrected chi connectivity index (χ2v) is 6.29. The van der Waals surface area contributed by atoms with Gasteiger partial charge in [-0.15, -0.1) is 11.3 Å². The van der Waals surface area contributed by atoms with Crippen LogP contribution in [0.4, 0.5) is 0 Å². The Morgan fingerprint density at radius 1 is 1.36 bits per heavy atom. The van der Waals surface area contributed by atoms with Crippen molar-refractivity contribution in [3.05, 3.63) is 67.5 Å². The lowest BCUT2D eigenvalue weighted by molar-refractivity contribution is 0.103. The van der Waals surface area contributed by atoms with E-state index in [1.54, 1.807) is 37.4 Å². The average molecular weight is 357 g/mol. The molecule has 0 saturated heterocycles. The van der Waals surface area contributed by atoms with Gasteiger partial charge in [0.25, 0.3) is 5.56 Å². The third kappa shape index (κ3) is 3.41. The van der Waals surface area contributed by atoms with E-state index in [-0.39, 0.29) is 22.9 Å². The molecule has 0 fully saturated rings. The first-order valence-corrected chi connectivity index (χ1v) is 8.15. The predicted octanol–water partition coefficient (Wildman–Crippen LogP) is 1.25. The molecule has 25 heavy (non-hydrogen) atoms. The van der Waals surface area contributed by atoms with Crippen LogP contribution in [0.3, 0.4) is 0 Å². The number of carbonyl (C=O) groups excluding carboxylic acids is 1. The lowest BCUT2D eigenvalue weighted by atomic mass is 10.2. The van der Waals surface area contributed by atoms with Gasteiger partial charge in [0.2, 0.25) is 5.78 Å². The second kappa shape index (κ2) is 6.82. The first-order valence-electron chi connectivity index (χ1n) is 7.33. The van der Waals surface area contributed by atoms with Gasteiger partial charge in [-0.05, 0) is 35.9 Å². The molecule has 0 unspecified atom stereocenters. The lowest BCUT2D eigenvalue weighted by Crippen LogP contribution is -2.29. The molecule has 0 amide bonds. The summed E-state index contributed by atoms with van der Waals surface area (Å²) < 4.78 is 12.5. The van der Waals surface area contributed by atoms with Crippen LogP contribution in [0.5, 0.6) is 11.5 Å². The summed E-state index contributed by atoms with van der Waals surface area (Å²) in [6.07, 6.45) is 4.48. The summed E-state index contributed by atoms with van der Waals surface area (Å²) in [6, 6.07) is 8.00. The average Bonchev–Trinajstić information content (AvgIpc) is 3.22. The molecule has 3 aromatic rings. The zero-order chi connectivity index (χ0) is 18.0. The van der Waals surface area contributed by atoms with Gasteiger partial charge in [-0.3, -0.25) is 9.59 Å². The number of hydrogen-bond donors (Lipinski definition) is 1. The summed E-state index contributed by atoms with van der Waals surface area (Å²) >= 11 is 1.20. The number of aromatic hydroxyl groups is 1. The normalized spacial score (nSPS) is 12.6. The third-order valence-corrected chi connectivity index (χ3v) is 4.69. The minimum Gasteiger partial charge on any atom is -0.504 e. The molecule has 1 aromatic carbocycles. The summed E-state index contributed by atoms with van der Waals surface area (Å²) in [5.74, 6) is 0.257. The van der Waals surface area contributed by atoms with Gasteiger partial charge in [0, 0.05) is 13.1 Å². The minimum absolute atomic E-state index is 0.0248. The maximum atomic E-state index is 12.4. The number of nitrogens with zero attached hydrogens (tertiary/aromatic N) is 1. The number of carbonyl (C=O) groups is 1. The minimum atomic E-state index is -0.306. The fourth-order valence-corrected chi connectivity index (χ4v) is 3.28. The smallest absolute Gasteiger partial charge is 0.268 e. The first-order chi connectivity index (χ1) is 12.0. The molecular formula is C18H15NO5S. The Labute approximate surface area is 146 Å². The molecule has 128 valence electrons. The highest BCUT2D eigenvalue weighted by molar-refractivity contribution is 7.07. The van der Waals surface area contributed by atoms with Crippen molar-refractivity contribution < 1.29 is 19.1 Å². The fourth-order valence-electron chi connectivity index (χ4n) is 2.25. The molecule has 0 radical (unpaired) electrons. The predicted molar refractivity (Wildman–Crippen MR) is 94.5 cm³/mol. The zero-order valence-electron chi connectivity index (χ0n) is 13.6. The molecule has 2 heterocycles. The molecule has 0 aliphatic heterocycles. The molecular weight excluding hydrogens is 342 g/mol. The van der Waals surface area contributed by atoms with Crippen molar-refractivity contribution in [3.63, 3.8) is 0 Å². The van der Waals surface area contributed by atoms with Crippen molar-refractivity contribution in [1.82, 2.24) is 4.57 Å². The Hall–Kier alpha value is -3.06. The number of ketones is 1. The van der Waals surface area contributed by atoms with Crippen molar-refractivity contribution in [2.75, 3.05) is 7.11 Å². The van der Waals surface area contributed by atoms with E-state index in [0.717, 1.165) is 0 Å². The lowest BCUT2D eigenvalue weighted by Gasteiger charge is -2.03. The van der Waals surface area contributed by atoms with Crippen LogP contribution in [0.15, 0.2) is 45.8 Å². The van der Waals surface area contributed by atoms with Crippen molar-refractivity contribution >= 4 is 29.3 Å². The largest absolute Gasteiger partial charge is 0.504 e. The summed E-state index contributed by atoms with van der Waals surface area (Å²) in [5.41, 5.74) is 0.494. The van der Waals surface area contributed by atoms with Crippen LogP contribution in [0.25, 0.3) is 12.2 Å². The highest BCUT2D eigenvalue weighted by atomic mass is 32.1. The van der Waals surface area contributed by atoms with Gasteiger partial charge in [0.1, 0.15) is 4.66 Å². The number of rotatable bonds is 4. The van der Waals surface area contributed by atoms with E-state index < -0.39 is 0 Å². The Kier molecular flexibility index (Phi) is 4.58. The third-order valence-electron chi connectivity index (χ3n) is 3.58. The number of ether oxygens (including phenoxy) is 1. The molecule has 0 aliphatic rings. The van der Waals surface area contributed by atoms with Gasteiger partial charge in [-0.25, -0.2) is 0 Å². The van der Waals surface area contributed by atoms with Crippen LogP contribution >= 0.6 is 11.3 Å². The van der Waals surface area contributed by atoms with Crippen molar-refractivity contribution in [2.24, 2.45) is 7.05 Å². The van der Waals surface area contributed by atoms with Crippen LogP contribution in [0, 0.1) is 0 Å². The van der Waals surface area contributed by atoms with Gasteiger partial charge < -0.3 is 18.8 Å². The van der Waals surface area contributed by atoms with Gasteiger partial charge in [-0.1, -0.05) is 6.07 Å². The summed E-state index contributed by atoms with van der Waals surface area (Å²) in [4.78, 5) is 24.5. The number of benzene rings is 1. The molecule has 0 bridgehead atoms. The SMILES string of the molecule is COc1cc(/C=c2\s/c(=C\C(=O)c3ccco3)n(C)c2=O)ccc1O. The summed E-state index contributed by atoms with van der Waals surface area (Å²) in [5, 5.41) is 9.64. The van der Waals surface area contributed by atoms with Crippen molar-refractivity contribution in [2.45, 2.75) is 0 Å². The molecule has 2 aromatic heterocycles. The van der Waals surface area contributed by atoms with Gasteiger partial charge in [0.15, 0.2) is 17.3 Å². The zero-order valence-corrected chi connectivity index (χ0v) is 14.4. The number of Topliss-reactive ketones (excluding diaryl/α,β-unsaturated/α-hetero) is 1. The Morgan fingerprint density at radius 2 is 2.16 bits per heavy atom. The number of phenolic OH excluding ortho intramolecular Hbond substituents is 1. The molecule has 0 saturated carbocycles. The maximum absolute atomic E-state index is 12.4. The topological polar surface area (TPSA) is 81.7 Å². The Morgan fingerprint density at radius 3 is 2.84 bits per heavy atom. The Balaban J connectivity index is 2.08. The number of thiazole rings is 1. The molecule has 0 aliphatic carbocycles. The second-order valence-electron chi connectivity index (χ2n) is 5.23. The molecule has 7 heteroatoms. The highest BCUT2D eigenvalue weighted by Crippen LogP contribution is 2.26. The van der Waals surface area contributed by atoms with E-state index in [9.17, 15) is 14.7 Å². The molecule has 1 N–H and O–H groups in total. The highest BCUT2D eigenvalue weighted by Gasteiger charge is 2.08. The quantitative estimate of drug-likeness (QED) is 0.711. The molecule has 0 spiro atoms. The number of hydrogen-bond acceptors (Lipinski definition) is 6. The maximum Gasteiger partial charge on any atom is 0.268 e. The van der Waals surface area contributed by atoms with Crippen LogP contribution in [0.1, 0.15) is 16.1 Å². The number of phenols is 1. The van der Waals surface area contributed by atoms with Gasteiger partial charge >= 0.3 is 0 Å². The number of methoxy groups -OCH3 is 1. The first kappa shape index (κ1) is 16.8. The van der Waals surface area contributed by atoms with Crippen molar-refractivity contribution in [1.29, 1.82) is 0 Å². The van der Waals surface area contributed by atoms with E-state index in [0.29, 0.717) is 20.5 Å². The van der Waals surface area contributed by atoms with Gasteiger partial charge in [0.05, 0.1) is 17.9 Å².